The van der Waals surface area contributed by atoms with E-state index in [9.17, 15) is 4.79 Å². The number of esters is 1. The maximum atomic E-state index is 11.6. The summed E-state index contributed by atoms with van der Waals surface area (Å²) in [4.78, 5) is 13.9. The number of methoxy groups -OCH3 is 1. The number of anilines is 1. The average Bonchev–Trinajstić information content (AvgIpc) is 2.77. The van der Waals surface area contributed by atoms with Crippen molar-refractivity contribution in [1.82, 2.24) is 9.61 Å². The topological polar surface area (TPSA) is 56.1 Å². The third-order valence-corrected chi connectivity index (χ3v) is 4.14. The number of pyridine rings is 1. The Kier molecular flexibility index (Phi) is 2.32. The van der Waals surface area contributed by atoms with Gasteiger partial charge in [-0.25, -0.2) is 9.31 Å². The Morgan fingerprint density at radius 3 is 2.85 bits per heavy atom. The summed E-state index contributed by atoms with van der Waals surface area (Å²) in [6, 6.07) is 3.94. The molecule has 0 aromatic carbocycles. The van der Waals surface area contributed by atoms with Crippen molar-refractivity contribution in [3.63, 3.8) is 0 Å². The number of carbonyl (C=O) groups is 1. The minimum atomic E-state index is -0.359. The number of aromatic nitrogens is 2. The maximum absolute atomic E-state index is 11.6. The first-order chi connectivity index (χ1) is 9.71. The van der Waals surface area contributed by atoms with Gasteiger partial charge >= 0.3 is 5.97 Å². The predicted octanol–water partition coefficient (Wildman–Crippen LogP) is 0.957. The van der Waals surface area contributed by atoms with Crippen molar-refractivity contribution in [2.75, 3.05) is 38.3 Å². The molecule has 0 saturated carbocycles. The highest BCUT2D eigenvalue weighted by atomic mass is 16.5. The molecule has 2 aromatic heterocycles. The summed E-state index contributed by atoms with van der Waals surface area (Å²) >= 11 is 0. The van der Waals surface area contributed by atoms with E-state index in [0.29, 0.717) is 11.0 Å². The van der Waals surface area contributed by atoms with Crippen LogP contribution in [0.5, 0.6) is 0 Å². The number of fused-ring (bicyclic) bond motifs is 1. The van der Waals surface area contributed by atoms with Crippen LogP contribution < -0.4 is 4.90 Å². The molecule has 2 fully saturated rings. The molecule has 20 heavy (non-hydrogen) atoms. The summed E-state index contributed by atoms with van der Waals surface area (Å²) in [5, 5.41) is 4.22. The van der Waals surface area contributed by atoms with Gasteiger partial charge in [-0.3, -0.25) is 0 Å². The lowest BCUT2D eigenvalue weighted by Gasteiger charge is -2.55. The minimum Gasteiger partial charge on any atom is -0.465 e. The standard InChI is InChI=1S/C14H15N3O3/c1-19-13(18)11-4-15-17-5-10(2-3-12(11)17)16-6-14(7-16)8-20-9-14/h2-5H,6-9H2,1H3. The molecule has 6 heteroatoms. The van der Waals surface area contributed by atoms with Crippen LogP contribution >= 0.6 is 0 Å². The number of nitrogens with zero attached hydrogens (tertiary/aromatic N) is 3. The second kappa shape index (κ2) is 3.96. The average molecular weight is 273 g/mol. The van der Waals surface area contributed by atoms with Crippen molar-refractivity contribution >= 4 is 17.2 Å². The van der Waals surface area contributed by atoms with E-state index in [-0.39, 0.29) is 5.97 Å². The van der Waals surface area contributed by atoms with Crippen molar-refractivity contribution in [2.24, 2.45) is 5.41 Å². The Labute approximate surface area is 115 Å². The van der Waals surface area contributed by atoms with E-state index in [2.05, 4.69) is 10.00 Å². The SMILES string of the molecule is COC(=O)c1cnn2cc(N3CC4(COC4)C3)ccc12. The first-order valence-corrected chi connectivity index (χ1v) is 6.59. The molecule has 2 aliphatic rings. The zero-order chi connectivity index (χ0) is 13.7. The number of hydrogen-bond donors (Lipinski definition) is 0. The van der Waals surface area contributed by atoms with Crippen molar-refractivity contribution in [2.45, 2.75) is 0 Å². The van der Waals surface area contributed by atoms with Crippen LogP contribution in [0.4, 0.5) is 5.69 Å². The largest absolute Gasteiger partial charge is 0.465 e. The molecule has 2 saturated heterocycles. The Balaban J connectivity index is 1.62. The van der Waals surface area contributed by atoms with Crippen LogP contribution in [-0.4, -0.2) is 49.0 Å². The normalized spacial score (nSPS) is 19.8. The van der Waals surface area contributed by atoms with Crippen LogP contribution in [0.1, 0.15) is 10.4 Å². The van der Waals surface area contributed by atoms with Gasteiger partial charge in [-0.1, -0.05) is 0 Å². The van der Waals surface area contributed by atoms with E-state index in [1.54, 1.807) is 10.7 Å². The fourth-order valence-electron chi connectivity index (χ4n) is 2.95. The van der Waals surface area contributed by atoms with Gasteiger partial charge in [-0.15, -0.1) is 0 Å². The van der Waals surface area contributed by atoms with Gasteiger partial charge in [0.25, 0.3) is 0 Å². The molecule has 4 rings (SSSR count). The molecule has 0 bridgehead atoms. The number of ether oxygens (including phenoxy) is 2. The molecule has 0 aliphatic carbocycles. The third kappa shape index (κ3) is 1.54. The van der Waals surface area contributed by atoms with E-state index in [4.69, 9.17) is 9.47 Å². The minimum absolute atomic E-state index is 0.359. The quantitative estimate of drug-likeness (QED) is 0.763. The van der Waals surface area contributed by atoms with Gasteiger partial charge in [0.1, 0.15) is 5.56 Å². The molecule has 4 heterocycles. The smallest absolute Gasteiger partial charge is 0.341 e. The van der Waals surface area contributed by atoms with Gasteiger partial charge in [0.15, 0.2) is 0 Å². The van der Waals surface area contributed by atoms with Crippen molar-refractivity contribution in [3.05, 3.63) is 30.1 Å². The highest BCUT2D eigenvalue weighted by Crippen LogP contribution is 2.40. The van der Waals surface area contributed by atoms with E-state index >= 15 is 0 Å². The maximum Gasteiger partial charge on any atom is 0.341 e. The first-order valence-electron chi connectivity index (χ1n) is 6.59. The lowest BCUT2D eigenvalue weighted by molar-refractivity contribution is -0.127. The second-order valence-corrected chi connectivity index (χ2v) is 5.62. The molecule has 0 atom stereocenters. The Morgan fingerprint density at radius 1 is 1.40 bits per heavy atom. The monoisotopic (exact) mass is 273 g/mol. The van der Waals surface area contributed by atoms with E-state index in [0.717, 1.165) is 37.5 Å². The Hall–Kier alpha value is -2.08. The Morgan fingerprint density at radius 2 is 2.20 bits per heavy atom. The molecular weight excluding hydrogens is 258 g/mol. The molecule has 1 spiro atoms. The lowest BCUT2D eigenvalue weighted by atomic mass is 9.78. The van der Waals surface area contributed by atoms with Crippen LogP contribution in [0.25, 0.3) is 5.52 Å². The summed E-state index contributed by atoms with van der Waals surface area (Å²) in [6.07, 6.45) is 3.50. The zero-order valence-electron chi connectivity index (χ0n) is 11.2. The van der Waals surface area contributed by atoms with Crippen LogP contribution in [0.2, 0.25) is 0 Å². The summed E-state index contributed by atoms with van der Waals surface area (Å²) in [6.45, 7) is 3.81. The third-order valence-electron chi connectivity index (χ3n) is 4.14. The van der Waals surface area contributed by atoms with Crippen molar-refractivity contribution < 1.29 is 14.3 Å². The van der Waals surface area contributed by atoms with Gasteiger partial charge in [0.05, 0.1) is 49.3 Å². The van der Waals surface area contributed by atoms with Crippen LogP contribution in [0, 0.1) is 5.41 Å². The molecule has 0 N–H and O–H groups in total. The van der Waals surface area contributed by atoms with Gasteiger partial charge < -0.3 is 14.4 Å². The molecule has 104 valence electrons. The Bertz CT molecular complexity index is 682. The number of carbonyl (C=O) groups excluding carboxylic acids is 1. The molecule has 0 amide bonds. The van der Waals surface area contributed by atoms with Crippen LogP contribution in [-0.2, 0) is 9.47 Å². The van der Waals surface area contributed by atoms with Gasteiger partial charge in [-0.05, 0) is 12.1 Å². The first kappa shape index (κ1) is 11.7. The molecule has 0 unspecified atom stereocenters. The van der Waals surface area contributed by atoms with Gasteiger partial charge in [0.2, 0.25) is 0 Å². The van der Waals surface area contributed by atoms with Crippen LogP contribution in [0.15, 0.2) is 24.5 Å². The van der Waals surface area contributed by atoms with E-state index in [1.165, 1.54) is 7.11 Å². The highest BCUT2D eigenvalue weighted by Gasteiger charge is 2.49. The summed E-state index contributed by atoms with van der Waals surface area (Å²) < 4.78 is 11.8. The fourth-order valence-corrected chi connectivity index (χ4v) is 2.95. The van der Waals surface area contributed by atoms with Crippen molar-refractivity contribution in [3.8, 4) is 0 Å². The van der Waals surface area contributed by atoms with Gasteiger partial charge in [-0.2, -0.15) is 5.10 Å². The zero-order valence-corrected chi connectivity index (χ0v) is 11.2. The second-order valence-electron chi connectivity index (χ2n) is 5.62. The molecule has 0 radical (unpaired) electrons. The predicted molar refractivity (Wildman–Crippen MR) is 72.0 cm³/mol. The molecule has 6 nitrogen and oxygen atoms in total. The molecular formula is C14H15N3O3. The number of rotatable bonds is 2. The molecule has 2 aromatic rings. The van der Waals surface area contributed by atoms with Crippen molar-refractivity contribution in [1.29, 1.82) is 0 Å². The van der Waals surface area contributed by atoms with E-state index < -0.39 is 0 Å². The van der Waals surface area contributed by atoms with E-state index in [1.807, 2.05) is 18.3 Å². The lowest BCUT2D eigenvalue weighted by Crippen LogP contribution is -2.66. The summed E-state index contributed by atoms with van der Waals surface area (Å²) in [7, 11) is 1.38. The number of hydrogen-bond acceptors (Lipinski definition) is 5. The molecule has 2 aliphatic heterocycles. The van der Waals surface area contributed by atoms with Gasteiger partial charge in [0, 0.05) is 13.1 Å². The summed E-state index contributed by atoms with van der Waals surface area (Å²) in [5.41, 5.74) is 2.76. The highest BCUT2D eigenvalue weighted by molar-refractivity contribution is 5.96. The van der Waals surface area contributed by atoms with Crippen LogP contribution in [0.3, 0.4) is 0 Å². The summed E-state index contributed by atoms with van der Waals surface area (Å²) in [5.74, 6) is -0.359. The fraction of sp³-hybridized carbons (Fsp3) is 0.429.